The van der Waals surface area contributed by atoms with Crippen molar-refractivity contribution in [1.82, 2.24) is 14.8 Å². The van der Waals surface area contributed by atoms with Crippen LogP contribution in [0.25, 0.3) is 34.0 Å². The molecule has 0 unspecified atom stereocenters. The molecule has 0 radical (unpaired) electrons. The fourth-order valence-electron chi connectivity index (χ4n) is 3.31. The zero-order valence-electron chi connectivity index (χ0n) is 19.4. The molecule has 0 saturated carbocycles. The molecule has 4 rings (SSSR count). The van der Waals surface area contributed by atoms with Crippen LogP contribution in [0.5, 0.6) is 5.75 Å². The van der Waals surface area contributed by atoms with E-state index in [1.54, 1.807) is 4.68 Å². The Labute approximate surface area is 189 Å². The zero-order valence-corrected chi connectivity index (χ0v) is 20.4. The number of hydrogen-bond donors (Lipinski definition) is 0. The monoisotopic (exact) mass is 447 g/mol. The summed E-state index contributed by atoms with van der Waals surface area (Å²) >= 11 is 0. The van der Waals surface area contributed by atoms with Crippen molar-refractivity contribution in [2.75, 3.05) is 6.67 Å². The number of hydrogen-bond acceptors (Lipinski definition) is 3. The maximum absolute atomic E-state index is 12.6. The predicted octanol–water partition coefficient (Wildman–Crippen LogP) is 7.11. The molecule has 32 heavy (non-hydrogen) atoms. The molecule has 0 N–H and O–H groups in total. The number of pyridine rings is 1. The molecule has 0 aliphatic heterocycles. The summed E-state index contributed by atoms with van der Waals surface area (Å²) in [6.07, 6.45) is 5.92. The smallest absolute Gasteiger partial charge is 0.250 e. The summed E-state index contributed by atoms with van der Waals surface area (Å²) in [6, 6.07) is 16.3. The second kappa shape index (κ2) is 8.51. The number of fused-ring (bicyclic) bond motifs is 2. The van der Waals surface area contributed by atoms with E-state index >= 15 is 0 Å². The summed E-state index contributed by atoms with van der Waals surface area (Å²) in [5.74, 6) is 0.913. The minimum Gasteiger partial charge on any atom is -0.543 e. The van der Waals surface area contributed by atoms with E-state index in [4.69, 9.17) is 9.41 Å². The third-order valence-corrected chi connectivity index (χ3v) is 10.6. The minimum absolute atomic E-state index is 0.157. The van der Waals surface area contributed by atoms with E-state index in [1.165, 1.54) is 0 Å². The highest BCUT2D eigenvalue weighted by molar-refractivity contribution is 6.74. The fourth-order valence-corrected chi connectivity index (χ4v) is 4.33. The Morgan fingerprint density at radius 1 is 0.969 bits per heavy atom. The molecule has 0 amide bonds. The number of aryl methyl sites for hydroxylation is 1. The number of nitrogens with zero attached hydrogens (tertiary/aromatic N) is 3. The van der Waals surface area contributed by atoms with Crippen molar-refractivity contribution in [1.29, 1.82) is 0 Å². The van der Waals surface area contributed by atoms with Gasteiger partial charge in [-0.1, -0.05) is 39.0 Å². The minimum atomic E-state index is -1.87. The molecule has 2 aromatic carbocycles. The van der Waals surface area contributed by atoms with Gasteiger partial charge in [0.15, 0.2) is 0 Å². The molecule has 0 aliphatic rings. The number of aromatic nitrogens is 3. The zero-order chi connectivity index (χ0) is 22.9. The summed E-state index contributed by atoms with van der Waals surface area (Å²) in [6.45, 7) is 11.1. The van der Waals surface area contributed by atoms with E-state index in [1.807, 2.05) is 48.7 Å². The number of halogens is 1. The maximum Gasteiger partial charge on any atom is 0.250 e. The Balaban J connectivity index is 1.54. The van der Waals surface area contributed by atoms with Gasteiger partial charge in [-0.2, -0.15) is 5.10 Å². The first-order valence-corrected chi connectivity index (χ1v) is 13.9. The number of benzene rings is 2. The van der Waals surface area contributed by atoms with Crippen LogP contribution in [0.1, 0.15) is 32.0 Å². The lowest BCUT2D eigenvalue weighted by atomic mass is 10.1. The van der Waals surface area contributed by atoms with Gasteiger partial charge < -0.3 is 4.43 Å². The van der Waals surface area contributed by atoms with Gasteiger partial charge in [0.05, 0.1) is 23.3 Å². The summed E-state index contributed by atoms with van der Waals surface area (Å²) in [7, 11) is -1.87. The van der Waals surface area contributed by atoms with Crippen molar-refractivity contribution in [2.45, 2.75) is 45.4 Å². The van der Waals surface area contributed by atoms with Crippen molar-refractivity contribution in [3.63, 3.8) is 0 Å². The standard InChI is InChI=1S/C26H30FN3OSi/c1-26(2,3)32(4,5)31-23-11-13-24-20(17-23)8-10-22(28-24)9-6-19-7-12-25-21(16-19)18-30(29-25)15-14-27/h6-13,16-18H,14-15H2,1-5H3/b9-6+. The van der Waals surface area contributed by atoms with Crippen LogP contribution in [-0.4, -0.2) is 29.8 Å². The Kier molecular flexibility index (Phi) is 5.90. The second-order valence-electron chi connectivity index (χ2n) is 9.69. The highest BCUT2D eigenvalue weighted by Gasteiger charge is 2.38. The molecule has 166 valence electrons. The van der Waals surface area contributed by atoms with E-state index < -0.39 is 15.0 Å². The quantitative estimate of drug-likeness (QED) is 0.296. The predicted molar refractivity (Wildman–Crippen MR) is 134 cm³/mol. The van der Waals surface area contributed by atoms with Crippen LogP contribution in [0.3, 0.4) is 0 Å². The summed E-state index contributed by atoms with van der Waals surface area (Å²) in [4.78, 5) is 4.78. The summed E-state index contributed by atoms with van der Waals surface area (Å²) in [5.41, 5.74) is 3.76. The Morgan fingerprint density at radius 2 is 1.75 bits per heavy atom. The average Bonchev–Trinajstić information content (AvgIpc) is 3.13. The van der Waals surface area contributed by atoms with Crippen LogP contribution in [-0.2, 0) is 6.54 Å². The molecule has 0 bridgehead atoms. The second-order valence-corrected chi connectivity index (χ2v) is 14.4. The van der Waals surface area contributed by atoms with Gasteiger partial charge in [0.2, 0.25) is 8.32 Å². The molecule has 0 saturated heterocycles. The molecule has 2 heterocycles. The molecule has 4 nitrogen and oxygen atoms in total. The largest absolute Gasteiger partial charge is 0.543 e. The van der Waals surface area contributed by atoms with Crippen molar-refractivity contribution in [3.8, 4) is 5.75 Å². The lowest BCUT2D eigenvalue weighted by Gasteiger charge is -2.36. The van der Waals surface area contributed by atoms with Gasteiger partial charge in [-0.25, -0.2) is 9.37 Å². The first kappa shape index (κ1) is 22.2. The van der Waals surface area contributed by atoms with Crippen LogP contribution in [0.2, 0.25) is 18.1 Å². The Bertz CT molecular complexity index is 1290. The van der Waals surface area contributed by atoms with Crippen molar-refractivity contribution in [2.24, 2.45) is 0 Å². The van der Waals surface area contributed by atoms with E-state index in [2.05, 4.69) is 57.2 Å². The van der Waals surface area contributed by atoms with Gasteiger partial charge in [0, 0.05) is 17.0 Å². The van der Waals surface area contributed by atoms with Gasteiger partial charge in [0.1, 0.15) is 12.4 Å². The SMILES string of the molecule is CC(C)(C)[Si](C)(C)Oc1ccc2nc(/C=C/c3ccc4nn(CCF)cc4c3)ccc2c1. The molecule has 6 heteroatoms. The van der Waals surface area contributed by atoms with Crippen molar-refractivity contribution >= 4 is 42.3 Å². The van der Waals surface area contributed by atoms with Gasteiger partial charge in [-0.05, 0) is 66.2 Å². The molecule has 0 spiro atoms. The third-order valence-electron chi connectivity index (χ3n) is 6.20. The molecule has 0 atom stereocenters. The van der Waals surface area contributed by atoms with Gasteiger partial charge in [-0.15, -0.1) is 0 Å². The van der Waals surface area contributed by atoms with Crippen LogP contribution in [0.15, 0.2) is 54.7 Å². The average molecular weight is 448 g/mol. The third kappa shape index (κ3) is 4.75. The van der Waals surface area contributed by atoms with Crippen LogP contribution < -0.4 is 4.43 Å². The summed E-state index contributed by atoms with van der Waals surface area (Å²) < 4.78 is 20.6. The van der Waals surface area contributed by atoms with Crippen LogP contribution in [0.4, 0.5) is 4.39 Å². The molecule has 0 aliphatic carbocycles. The molecular weight excluding hydrogens is 417 g/mol. The maximum atomic E-state index is 12.6. The Hall–Kier alpha value is -2.99. The van der Waals surface area contributed by atoms with Crippen molar-refractivity contribution in [3.05, 3.63) is 66.0 Å². The molecular formula is C26H30FN3OSi. The first-order chi connectivity index (χ1) is 15.1. The normalized spacial score (nSPS) is 12.8. The lowest BCUT2D eigenvalue weighted by molar-refractivity contribution is 0.428. The van der Waals surface area contributed by atoms with E-state index in [-0.39, 0.29) is 11.6 Å². The van der Waals surface area contributed by atoms with E-state index in [0.29, 0.717) is 0 Å². The van der Waals surface area contributed by atoms with E-state index in [0.717, 1.165) is 38.8 Å². The topological polar surface area (TPSA) is 39.9 Å². The Morgan fingerprint density at radius 3 is 2.50 bits per heavy atom. The lowest BCUT2D eigenvalue weighted by Crippen LogP contribution is -2.43. The molecule has 0 fully saturated rings. The highest BCUT2D eigenvalue weighted by atomic mass is 28.4. The fraction of sp³-hybridized carbons (Fsp3) is 0.308. The van der Waals surface area contributed by atoms with E-state index in [9.17, 15) is 4.39 Å². The molecule has 4 aromatic rings. The number of alkyl halides is 1. The van der Waals surface area contributed by atoms with Crippen molar-refractivity contribution < 1.29 is 8.82 Å². The van der Waals surface area contributed by atoms with Gasteiger partial charge >= 0.3 is 0 Å². The first-order valence-electron chi connectivity index (χ1n) is 11.0. The van der Waals surface area contributed by atoms with Crippen LogP contribution in [0, 0.1) is 0 Å². The molecule has 2 aromatic heterocycles. The summed E-state index contributed by atoms with van der Waals surface area (Å²) in [5, 5.41) is 6.60. The number of rotatable bonds is 6. The van der Waals surface area contributed by atoms with Gasteiger partial charge in [-0.3, -0.25) is 4.68 Å². The van der Waals surface area contributed by atoms with Gasteiger partial charge in [0.25, 0.3) is 0 Å². The van der Waals surface area contributed by atoms with Crippen LogP contribution >= 0.6 is 0 Å². The highest BCUT2D eigenvalue weighted by Crippen LogP contribution is 2.37.